The molecule has 0 radical (unpaired) electrons. The summed E-state index contributed by atoms with van der Waals surface area (Å²) in [7, 11) is 0. The van der Waals surface area contributed by atoms with Gasteiger partial charge in [-0.15, -0.1) is 0 Å². The fraction of sp³-hybridized carbons (Fsp3) is 0.250. The number of phenols is 1. The molecule has 0 amide bonds. The molecule has 0 aliphatic carbocycles. The minimum atomic E-state index is 0.0701. The normalized spacial score (nSPS) is 12.6. The molecule has 1 aromatic heterocycles. The topological polar surface area (TPSA) is 60.9 Å². The zero-order valence-corrected chi connectivity index (χ0v) is 10.2. The quantitative estimate of drug-likeness (QED) is 0.783. The molecule has 1 unspecified atom stereocenters. The average molecular weight is 252 g/mol. The second-order valence-electron chi connectivity index (χ2n) is 3.81. The number of aromatic nitrogens is 2. The molecule has 2 aromatic rings. The number of aromatic amines is 1. The van der Waals surface area contributed by atoms with Crippen molar-refractivity contribution in [3.63, 3.8) is 0 Å². The molecule has 0 aliphatic heterocycles. The Morgan fingerprint density at radius 1 is 1.53 bits per heavy atom. The number of phenolic OH excluding ortho intramolecular Hbond substituents is 1. The summed E-state index contributed by atoms with van der Waals surface area (Å²) in [6.45, 7) is 2.49. The predicted octanol–water partition coefficient (Wildman–Crippen LogP) is 2.62. The highest BCUT2D eigenvalue weighted by molar-refractivity contribution is 6.31. The third-order valence-corrected chi connectivity index (χ3v) is 2.96. The Balaban J connectivity index is 2.03. The molecule has 1 atom stereocenters. The third kappa shape index (κ3) is 2.78. The molecular formula is C12H14ClN3O. The monoisotopic (exact) mass is 251 g/mol. The van der Waals surface area contributed by atoms with E-state index in [-0.39, 0.29) is 11.8 Å². The Morgan fingerprint density at radius 3 is 3.00 bits per heavy atom. The Bertz CT molecular complexity index is 464. The van der Waals surface area contributed by atoms with Crippen LogP contribution in [-0.2, 0) is 6.54 Å². The van der Waals surface area contributed by atoms with Crippen LogP contribution in [0.25, 0.3) is 0 Å². The first kappa shape index (κ1) is 12.0. The summed E-state index contributed by atoms with van der Waals surface area (Å²) in [6, 6.07) is 5.17. The number of nitrogens with one attached hydrogen (secondary N) is 2. The molecule has 2 rings (SSSR count). The van der Waals surface area contributed by atoms with Crippen molar-refractivity contribution in [2.75, 3.05) is 0 Å². The molecule has 0 saturated carbocycles. The molecule has 17 heavy (non-hydrogen) atoms. The van der Waals surface area contributed by atoms with E-state index in [1.807, 2.05) is 6.92 Å². The van der Waals surface area contributed by atoms with Gasteiger partial charge >= 0.3 is 0 Å². The lowest BCUT2D eigenvalue weighted by Gasteiger charge is -2.13. The number of aromatic hydroxyl groups is 1. The standard InChI is InChI=1S/C12H14ClN3O/c1-8(12-14-5-6-15-12)16-7-9-10(13)3-2-4-11(9)17/h2-6,8,16-17H,7H2,1H3,(H,14,15). The first-order chi connectivity index (χ1) is 8.18. The van der Waals surface area contributed by atoms with Gasteiger partial charge in [-0.1, -0.05) is 17.7 Å². The van der Waals surface area contributed by atoms with Crippen LogP contribution in [0.5, 0.6) is 5.75 Å². The van der Waals surface area contributed by atoms with Gasteiger partial charge in [0.2, 0.25) is 0 Å². The molecule has 5 heteroatoms. The highest BCUT2D eigenvalue weighted by Gasteiger charge is 2.10. The van der Waals surface area contributed by atoms with Crippen LogP contribution in [-0.4, -0.2) is 15.1 Å². The van der Waals surface area contributed by atoms with Gasteiger partial charge in [-0.25, -0.2) is 4.98 Å². The van der Waals surface area contributed by atoms with Crippen LogP contribution in [0.1, 0.15) is 24.4 Å². The summed E-state index contributed by atoms with van der Waals surface area (Å²) in [5.74, 6) is 1.06. The lowest BCUT2D eigenvalue weighted by molar-refractivity contribution is 0.459. The smallest absolute Gasteiger partial charge is 0.122 e. The van der Waals surface area contributed by atoms with Gasteiger partial charge in [0.15, 0.2) is 0 Å². The number of hydrogen-bond donors (Lipinski definition) is 3. The van der Waals surface area contributed by atoms with Crippen molar-refractivity contribution >= 4 is 11.6 Å². The molecule has 3 N–H and O–H groups in total. The van der Waals surface area contributed by atoms with Gasteiger partial charge in [0.1, 0.15) is 11.6 Å². The van der Waals surface area contributed by atoms with E-state index in [1.165, 1.54) is 0 Å². The van der Waals surface area contributed by atoms with E-state index in [1.54, 1.807) is 30.6 Å². The molecule has 0 bridgehead atoms. The van der Waals surface area contributed by atoms with Crippen LogP contribution < -0.4 is 5.32 Å². The van der Waals surface area contributed by atoms with Crippen molar-refractivity contribution in [2.45, 2.75) is 19.5 Å². The molecule has 90 valence electrons. The minimum absolute atomic E-state index is 0.0701. The molecule has 0 saturated heterocycles. The number of hydrogen-bond acceptors (Lipinski definition) is 3. The maximum atomic E-state index is 9.69. The molecular weight excluding hydrogens is 238 g/mol. The highest BCUT2D eigenvalue weighted by Crippen LogP contribution is 2.25. The highest BCUT2D eigenvalue weighted by atomic mass is 35.5. The molecule has 1 heterocycles. The molecule has 0 spiro atoms. The fourth-order valence-corrected chi connectivity index (χ4v) is 1.82. The zero-order chi connectivity index (χ0) is 12.3. The summed E-state index contributed by atoms with van der Waals surface area (Å²) in [4.78, 5) is 7.19. The number of nitrogens with zero attached hydrogens (tertiary/aromatic N) is 1. The number of benzene rings is 1. The summed E-state index contributed by atoms with van der Waals surface area (Å²) in [5.41, 5.74) is 0.701. The van der Waals surface area contributed by atoms with E-state index in [2.05, 4.69) is 15.3 Å². The van der Waals surface area contributed by atoms with Crippen LogP contribution >= 0.6 is 11.6 Å². The van der Waals surface area contributed by atoms with Crippen LogP contribution in [0, 0.1) is 0 Å². The third-order valence-electron chi connectivity index (χ3n) is 2.61. The van der Waals surface area contributed by atoms with Crippen LogP contribution in [0.4, 0.5) is 0 Å². The number of H-pyrrole nitrogens is 1. The fourth-order valence-electron chi connectivity index (χ4n) is 1.59. The van der Waals surface area contributed by atoms with Gasteiger partial charge in [-0.3, -0.25) is 0 Å². The van der Waals surface area contributed by atoms with Gasteiger partial charge in [-0.05, 0) is 19.1 Å². The van der Waals surface area contributed by atoms with Gasteiger partial charge in [0.05, 0.1) is 6.04 Å². The van der Waals surface area contributed by atoms with E-state index < -0.39 is 0 Å². The molecule has 1 aromatic carbocycles. The van der Waals surface area contributed by atoms with E-state index in [0.717, 1.165) is 5.82 Å². The minimum Gasteiger partial charge on any atom is -0.508 e. The second kappa shape index (κ2) is 5.21. The van der Waals surface area contributed by atoms with E-state index in [4.69, 9.17) is 11.6 Å². The summed E-state index contributed by atoms with van der Waals surface area (Å²) < 4.78 is 0. The van der Waals surface area contributed by atoms with E-state index >= 15 is 0 Å². The second-order valence-corrected chi connectivity index (χ2v) is 4.22. The first-order valence-electron chi connectivity index (χ1n) is 5.37. The molecule has 0 fully saturated rings. The van der Waals surface area contributed by atoms with Crippen LogP contribution in [0.2, 0.25) is 5.02 Å². The van der Waals surface area contributed by atoms with E-state index in [9.17, 15) is 5.11 Å². The van der Waals surface area contributed by atoms with Crippen LogP contribution in [0.3, 0.4) is 0 Å². The van der Waals surface area contributed by atoms with Gasteiger partial charge in [0.25, 0.3) is 0 Å². The summed E-state index contributed by atoms with van der Waals surface area (Å²) in [5, 5.41) is 13.5. The number of halogens is 1. The van der Waals surface area contributed by atoms with Crippen molar-refractivity contribution in [1.82, 2.24) is 15.3 Å². The van der Waals surface area contributed by atoms with Crippen molar-refractivity contribution < 1.29 is 5.11 Å². The maximum Gasteiger partial charge on any atom is 0.122 e. The lowest BCUT2D eigenvalue weighted by atomic mass is 10.2. The predicted molar refractivity (Wildman–Crippen MR) is 67.0 cm³/mol. The number of imidazole rings is 1. The van der Waals surface area contributed by atoms with Gasteiger partial charge in [0, 0.05) is 29.5 Å². The number of rotatable bonds is 4. The van der Waals surface area contributed by atoms with Crippen molar-refractivity contribution in [1.29, 1.82) is 0 Å². The summed E-state index contributed by atoms with van der Waals surface area (Å²) >= 11 is 6.01. The SMILES string of the molecule is CC(NCc1c(O)cccc1Cl)c1ncc[nH]1. The first-order valence-corrected chi connectivity index (χ1v) is 5.75. The maximum absolute atomic E-state index is 9.69. The lowest BCUT2D eigenvalue weighted by Crippen LogP contribution is -2.19. The Kier molecular flexibility index (Phi) is 3.66. The Labute approximate surface area is 105 Å². The van der Waals surface area contributed by atoms with Crippen molar-refractivity contribution in [3.05, 3.63) is 47.0 Å². The van der Waals surface area contributed by atoms with Crippen molar-refractivity contribution in [2.24, 2.45) is 0 Å². The molecule has 4 nitrogen and oxygen atoms in total. The Hall–Kier alpha value is -1.52. The van der Waals surface area contributed by atoms with Crippen LogP contribution in [0.15, 0.2) is 30.6 Å². The Morgan fingerprint density at radius 2 is 2.35 bits per heavy atom. The molecule has 0 aliphatic rings. The van der Waals surface area contributed by atoms with Gasteiger partial charge < -0.3 is 15.4 Å². The average Bonchev–Trinajstić information content (AvgIpc) is 2.81. The largest absolute Gasteiger partial charge is 0.508 e. The summed E-state index contributed by atoms with van der Waals surface area (Å²) in [6.07, 6.45) is 3.49. The van der Waals surface area contributed by atoms with Crippen molar-refractivity contribution in [3.8, 4) is 5.75 Å². The van der Waals surface area contributed by atoms with E-state index in [0.29, 0.717) is 17.1 Å². The van der Waals surface area contributed by atoms with Gasteiger partial charge in [-0.2, -0.15) is 0 Å². The zero-order valence-electron chi connectivity index (χ0n) is 9.44.